The third kappa shape index (κ3) is 10.7. The number of hydrogen-bond donors (Lipinski definition) is 5. The Morgan fingerprint density at radius 3 is 1.70 bits per heavy atom. The molecule has 20 heavy (non-hydrogen) atoms. The van der Waals surface area contributed by atoms with E-state index in [1.54, 1.807) is 0 Å². The van der Waals surface area contributed by atoms with Gasteiger partial charge in [0.2, 0.25) is 0 Å². The van der Waals surface area contributed by atoms with Crippen LogP contribution in [0, 0.1) is 6.92 Å². The van der Waals surface area contributed by atoms with E-state index in [4.69, 9.17) is 24.4 Å². The van der Waals surface area contributed by atoms with Crippen LogP contribution in [0.25, 0.3) is 0 Å². The molecule has 0 saturated heterocycles. The second-order valence-electron chi connectivity index (χ2n) is 3.31. The second kappa shape index (κ2) is 9.80. The molecule has 0 amide bonds. The van der Waals surface area contributed by atoms with Crippen molar-refractivity contribution in [1.82, 2.24) is 0 Å². The summed E-state index contributed by atoms with van der Waals surface area (Å²) in [6.45, 7) is 3.07. The Kier molecular flexibility index (Phi) is 10.9. The molecule has 1 aromatic carbocycles. The Hall–Kier alpha value is -0.0636. The number of aliphatic hydroxyl groups excluding tert-OH is 1. The van der Waals surface area contributed by atoms with Gasteiger partial charge in [-0.25, -0.2) is 9.36 Å². The number of carboxylic acids is 1. The molecule has 0 fully saturated rings. The minimum atomic E-state index is -4.64. The maximum absolute atomic E-state index is 10.7. The SMILES string of the molecule is O=P(O)(O)O.[CH2-]C(=O)C(O)c1ccc(C(=O)O)cc1.[K+]. The molecule has 8 nitrogen and oxygen atoms in total. The van der Waals surface area contributed by atoms with Crippen molar-refractivity contribution in [2.45, 2.75) is 6.10 Å². The largest absolute Gasteiger partial charge is 1.00 e. The Morgan fingerprint density at radius 1 is 1.10 bits per heavy atom. The molecule has 0 aliphatic heterocycles. The number of benzene rings is 1. The summed E-state index contributed by atoms with van der Waals surface area (Å²) in [5.74, 6) is -1.67. The number of rotatable bonds is 3. The number of carbonyl (C=O) groups is 2. The molecule has 0 aliphatic carbocycles. The van der Waals surface area contributed by atoms with Gasteiger partial charge >= 0.3 is 65.2 Å². The standard InChI is InChI=1S/C10H9O4.K.H3O4P/c1-6(11)9(12)7-2-4-8(5-3-7)10(13)14;;1-5(2,3)4/h2-5,9,12H,1H2,(H,13,14);;(H3,1,2,3,4)/q-1;+1;. The summed E-state index contributed by atoms with van der Waals surface area (Å²) in [6, 6.07) is 5.42. The van der Waals surface area contributed by atoms with E-state index < -0.39 is 25.7 Å². The first-order chi connectivity index (χ1) is 8.52. The van der Waals surface area contributed by atoms with Gasteiger partial charge < -0.3 is 36.6 Å². The van der Waals surface area contributed by atoms with Gasteiger partial charge in [0, 0.05) is 5.78 Å². The monoisotopic (exact) mass is 330 g/mol. The summed E-state index contributed by atoms with van der Waals surface area (Å²) in [6.07, 6.45) is -1.28. The fourth-order valence-electron chi connectivity index (χ4n) is 0.994. The molecule has 0 aromatic heterocycles. The molecule has 5 N–H and O–H groups in total. The molecule has 0 radical (unpaired) electrons. The molecule has 1 aromatic rings. The van der Waals surface area contributed by atoms with Gasteiger partial charge in [-0.05, 0) is 17.7 Å². The molecule has 0 saturated carbocycles. The van der Waals surface area contributed by atoms with E-state index in [-0.39, 0.29) is 56.9 Å². The predicted octanol–water partition coefficient (Wildman–Crippen LogP) is -3.10. The summed E-state index contributed by atoms with van der Waals surface area (Å²) in [5.41, 5.74) is 0.451. The van der Waals surface area contributed by atoms with E-state index in [0.29, 0.717) is 5.56 Å². The van der Waals surface area contributed by atoms with E-state index in [2.05, 4.69) is 6.92 Å². The van der Waals surface area contributed by atoms with E-state index in [1.807, 2.05) is 0 Å². The molecule has 10 heteroatoms. The van der Waals surface area contributed by atoms with Crippen LogP contribution in [0.5, 0.6) is 0 Å². The van der Waals surface area contributed by atoms with Gasteiger partial charge in [-0.15, -0.1) is 0 Å². The van der Waals surface area contributed by atoms with Crippen molar-refractivity contribution >= 4 is 19.6 Å². The summed E-state index contributed by atoms with van der Waals surface area (Å²) < 4.78 is 8.88. The first-order valence-electron chi connectivity index (χ1n) is 4.67. The fourth-order valence-corrected chi connectivity index (χ4v) is 0.994. The van der Waals surface area contributed by atoms with Gasteiger partial charge in [0.05, 0.1) is 5.56 Å². The van der Waals surface area contributed by atoms with Gasteiger partial charge in [-0.1, -0.05) is 12.1 Å². The maximum Gasteiger partial charge on any atom is 1.00 e. The Bertz CT molecular complexity index is 486. The summed E-state index contributed by atoms with van der Waals surface area (Å²) in [7, 11) is -4.64. The Labute approximate surface area is 157 Å². The van der Waals surface area contributed by atoms with Gasteiger partial charge in [0.25, 0.3) is 0 Å². The molecular weight excluding hydrogens is 318 g/mol. The van der Waals surface area contributed by atoms with Crippen LogP contribution in [-0.2, 0) is 9.36 Å². The maximum atomic E-state index is 10.7. The molecule has 1 unspecified atom stereocenters. The molecular formula is C10H12KO8P. The second-order valence-corrected chi connectivity index (χ2v) is 4.34. The van der Waals surface area contributed by atoms with E-state index in [1.165, 1.54) is 24.3 Å². The number of carbonyl (C=O) groups excluding carboxylic acids is 1. The third-order valence-corrected chi connectivity index (χ3v) is 1.78. The number of hydrogen-bond acceptors (Lipinski definition) is 4. The van der Waals surface area contributed by atoms with Crippen molar-refractivity contribution in [3.8, 4) is 0 Å². The van der Waals surface area contributed by atoms with Crippen LogP contribution >= 0.6 is 7.82 Å². The number of carboxylic acid groups (broad SMARTS) is 1. The fraction of sp³-hybridized carbons (Fsp3) is 0.100. The van der Waals surface area contributed by atoms with Crippen molar-refractivity contribution in [3.05, 3.63) is 42.3 Å². The number of aliphatic hydroxyl groups is 1. The summed E-state index contributed by atoms with van der Waals surface area (Å²) in [5, 5.41) is 17.8. The summed E-state index contributed by atoms with van der Waals surface area (Å²) >= 11 is 0. The van der Waals surface area contributed by atoms with Crippen molar-refractivity contribution in [3.63, 3.8) is 0 Å². The topological polar surface area (TPSA) is 152 Å². The number of Topliss-reactive ketones (excluding diaryl/α,β-unsaturated/α-hetero) is 1. The van der Waals surface area contributed by atoms with Crippen LogP contribution in [0.1, 0.15) is 22.0 Å². The van der Waals surface area contributed by atoms with Crippen LogP contribution in [0.15, 0.2) is 24.3 Å². The zero-order valence-electron chi connectivity index (χ0n) is 10.5. The predicted molar refractivity (Wildman–Crippen MR) is 63.0 cm³/mol. The number of aromatic carboxylic acids is 1. The molecule has 0 aliphatic rings. The van der Waals surface area contributed by atoms with Crippen molar-refractivity contribution in [2.24, 2.45) is 0 Å². The average molecular weight is 330 g/mol. The normalized spacial score (nSPS) is 11.4. The van der Waals surface area contributed by atoms with E-state index in [9.17, 15) is 14.7 Å². The molecule has 0 bridgehead atoms. The van der Waals surface area contributed by atoms with Crippen LogP contribution in [0.4, 0.5) is 0 Å². The van der Waals surface area contributed by atoms with Crippen LogP contribution in [0.2, 0.25) is 0 Å². The first-order valence-corrected chi connectivity index (χ1v) is 6.24. The van der Waals surface area contributed by atoms with Crippen molar-refractivity contribution in [2.75, 3.05) is 0 Å². The molecule has 106 valence electrons. The molecule has 0 heterocycles. The van der Waals surface area contributed by atoms with Crippen LogP contribution < -0.4 is 51.4 Å². The smallest absolute Gasteiger partial charge is 0.478 e. The molecule has 1 atom stereocenters. The van der Waals surface area contributed by atoms with Crippen LogP contribution in [-0.4, -0.2) is 36.6 Å². The van der Waals surface area contributed by atoms with Gasteiger partial charge in [-0.3, -0.25) is 0 Å². The quantitative estimate of drug-likeness (QED) is 0.222. The van der Waals surface area contributed by atoms with Crippen molar-refractivity contribution in [1.29, 1.82) is 0 Å². The van der Waals surface area contributed by atoms with Gasteiger partial charge in [0.15, 0.2) is 0 Å². The third-order valence-electron chi connectivity index (χ3n) is 1.78. The first kappa shape index (κ1) is 22.2. The zero-order valence-corrected chi connectivity index (χ0v) is 14.5. The van der Waals surface area contributed by atoms with Gasteiger partial charge in [-0.2, -0.15) is 0 Å². The minimum absolute atomic E-state index is 0. The van der Waals surface area contributed by atoms with Crippen LogP contribution in [0.3, 0.4) is 0 Å². The number of ketones is 1. The zero-order chi connectivity index (χ0) is 15.2. The van der Waals surface area contributed by atoms with E-state index >= 15 is 0 Å². The summed E-state index contributed by atoms with van der Waals surface area (Å²) in [4.78, 5) is 42.7. The van der Waals surface area contributed by atoms with E-state index in [0.717, 1.165) is 0 Å². The molecule has 1 rings (SSSR count). The molecule has 0 spiro atoms. The minimum Gasteiger partial charge on any atom is -0.478 e. The van der Waals surface area contributed by atoms with Gasteiger partial charge in [0.1, 0.15) is 6.10 Å². The van der Waals surface area contributed by atoms with Crippen molar-refractivity contribution < 1.29 is 90.4 Å². The Balaban J connectivity index is 0. The number of phosphoric acid groups is 1. The Morgan fingerprint density at radius 2 is 1.45 bits per heavy atom. The average Bonchev–Trinajstić information content (AvgIpc) is 2.25.